The number of hydrogen-bond acceptors (Lipinski definition) is 6. The Balaban J connectivity index is 1.88. The summed E-state index contributed by atoms with van der Waals surface area (Å²) in [4.78, 5) is 30.9. The summed E-state index contributed by atoms with van der Waals surface area (Å²) in [6.07, 6.45) is 4.56. The molecule has 0 spiro atoms. The third-order valence-electron chi connectivity index (χ3n) is 4.22. The third kappa shape index (κ3) is 3.67. The van der Waals surface area contributed by atoms with Crippen LogP contribution in [-0.2, 0) is 11.2 Å². The number of aromatic nitrogens is 4. The molecule has 0 aliphatic carbocycles. The number of nitrogens with two attached hydrogens (primary N) is 1. The van der Waals surface area contributed by atoms with Gasteiger partial charge in [0, 0.05) is 30.4 Å². The van der Waals surface area contributed by atoms with Crippen molar-refractivity contribution < 1.29 is 4.79 Å². The number of anilines is 1. The lowest BCUT2D eigenvalue weighted by molar-refractivity contribution is -0.118. The molecule has 1 atom stereocenters. The highest BCUT2D eigenvalue weighted by Gasteiger charge is 2.29. The highest BCUT2D eigenvalue weighted by Crippen LogP contribution is 2.34. The van der Waals surface area contributed by atoms with Crippen molar-refractivity contribution in [2.45, 2.75) is 45.6 Å². The number of amides is 1. The monoisotopic (exact) mass is 326 g/mol. The third-order valence-corrected chi connectivity index (χ3v) is 4.22. The summed E-state index contributed by atoms with van der Waals surface area (Å²) in [5, 5.41) is 0. The number of carbonyl (C=O) groups is 1. The molecule has 0 bridgehead atoms. The Morgan fingerprint density at radius 3 is 2.88 bits per heavy atom. The van der Waals surface area contributed by atoms with Gasteiger partial charge in [0.1, 0.15) is 18.0 Å². The van der Waals surface area contributed by atoms with E-state index < -0.39 is 0 Å². The maximum Gasteiger partial charge on any atom is 0.217 e. The van der Waals surface area contributed by atoms with E-state index in [1.165, 1.54) is 0 Å². The van der Waals surface area contributed by atoms with Crippen molar-refractivity contribution >= 4 is 11.7 Å². The second-order valence-corrected chi connectivity index (χ2v) is 6.17. The summed E-state index contributed by atoms with van der Waals surface area (Å²) < 4.78 is 0. The summed E-state index contributed by atoms with van der Waals surface area (Å²) in [6, 6.07) is 4.17. The van der Waals surface area contributed by atoms with E-state index in [1.54, 1.807) is 6.33 Å². The lowest BCUT2D eigenvalue weighted by atomic mass is 10.1. The van der Waals surface area contributed by atoms with E-state index in [-0.39, 0.29) is 11.9 Å². The highest BCUT2D eigenvalue weighted by atomic mass is 16.1. The van der Waals surface area contributed by atoms with Crippen LogP contribution in [0.1, 0.15) is 48.2 Å². The van der Waals surface area contributed by atoms with Crippen LogP contribution in [0.15, 0.2) is 18.5 Å². The van der Waals surface area contributed by atoms with Crippen LogP contribution in [0.4, 0.5) is 5.82 Å². The molecule has 7 heteroatoms. The fourth-order valence-electron chi connectivity index (χ4n) is 3.15. The highest BCUT2D eigenvalue weighted by molar-refractivity contribution is 5.73. The van der Waals surface area contributed by atoms with Crippen molar-refractivity contribution in [2.75, 3.05) is 11.4 Å². The van der Waals surface area contributed by atoms with Crippen LogP contribution in [0.2, 0.25) is 0 Å². The Hall–Kier alpha value is -2.57. The van der Waals surface area contributed by atoms with Crippen LogP contribution in [-0.4, -0.2) is 32.4 Å². The summed E-state index contributed by atoms with van der Waals surface area (Å²) in [7, 11) is 0. The second kappa shape index (κ2) is 6.90. The first kappa shape index (κ1) is 16.3. The Morgan fingerprint density at radius 2 is 2.12 bits per heavy atom. The molecule has 1 saturated heterocycles. The van der Waals surface area contributed by atoms with E-state index in [1.807, 2.05) is 26.0 Å². The van der Waals surface area contributed by atoms with Gasteiger partial charge in [0.2, 0.25) is 5.91 Å². The SMILES string of the molecule is Cc1cc(N2CCCC2c2cc(CCC(N)=O)nc(C)n2)ncn1. The molecule has 3 rings (SSSR count). The van der Waals surface area contributed by atoms with Gasteiger partial charge >= 0.3 is 0 Å². The molecule has 2 aromatic rings. The number of primary amides is 1. The predicted molar refractivity (Wildman–Crippen MR) is 90.4 cm³/mol. The van der Waals surface area contributed by atoms with Crippen LogP contribution >= 0.6 is 0 Å². The number of hydrogen-bond donors (Lipinski definition) is 1. The molecule has 3 heterocycles. The van der Waals surface area contributed by atoms with Crippen molar-refractivity contribution in [3.05, 3.63) is 41.4 Å². The normalized spacial score (nSPS) is 17.2. The topological polar surface area (TPSA) is 97.9 Å². The van der Waals surface area contributed by atoms with Crippen LogP contribution in [0, 0.1) is 13.8 Å². The summed E-state index contributed by atoms with van der Waals surface area (Å²) in [5.74, 6) is 1.34. The molecule has 0 aromatic carbocycles. The van der Waals surface area contributed by atoms with Gasteiger partial charge in [0.15, 0.2) is 0 Å². The first-order valence-electron chi connectivity index (χ1n) is 8.21. The van der Waals surface area contributed by atoms with Gasteiger partial charge in [-0.3, -0.25) is 4.79 Å². The average molecular weight is 326 g/mol. The van der Waals surface area contributed by atoms with Gasteiger partial charge in [-0.2, -0.15) is 0 Å². The zero-order chi connectivity index (χ0) is 17.1. The van der Waals surface area contributed by atoms with Crippen LogP contribution in [0.25, 0.3) is 0 Å². The van der Waals surface area contributed by atoms with Crippen LogP contribution in [0.5, 0.6) is 0 Å². The van der Waals surface area contributed by atoms with Crippen molar-refractivity contribution in [2.24, 2.45) is 5.73 Å². The largest absolute Gasteiger partial charge is 0.370 e. The van der Waals surface area contributed by atoms with Gasteiger partial charge in [0.25, 0.3) is 0 Å². The Bertz CT molecular complexity index is 748. The molecule has 0 saturated carbocycles. The molecule has 0 radical (unpaired) electrons. The van der Waals surface area contributed by atoms with Gasteiger partial charge in [0.05, 0.1) is 11.7 Å². The van der Waals surface area contributed by atoms with Crippen molar-refractivity contribution in [3.63, 3.8) is 0 Å². The summed E-state index contributed by atoms with van der Waals surface area (Å²) in [5.41, 5.74) is 8.04. The number of rotatable bonds is 5. The molecular weight excluding hydrogens is 304 g/mol. The lowest BCUT2D eigenvalue weighted by Gasteiger charge is -2.25. The molecule has 7 nitrogen and oxygen atoms in total. The fourth-order valence-corrected chi connectivity index (χ4v) is 3.15. The summed E-state index contributed by atoms with van der Waals surface area (Å²) >= 11 is 0. The quantitative estimate of drug-likeness (QED) is 0.897. The minimum atomic E-state index is -0.313. The maximum absolute atomic E-state index is 11.0. The van der Waals surface area contributed by atoms with Crippen molar-refractivity contribution in [1.82, 2.24) is 19.9 Å². The van der Waals surface area contributed by atoms with E-state index in [2.05, 4.69) is 24.8 Å². The summed E-state index contributed by atoms with van der Waals surface area (Å²) in [6.45, 7) is 4.79. The zero-order valence-electron chi connectivity index (χ0n) is 14.1. The maximum atomic E-state index is 11.0. The first-order valence-corrected chi connectivity index (χ1v) is 8.21. The molecule has 1 aliphatic heterocycles. The van der Waals surface area contributed by atoms with Gasteiger partial charge < -0.3 is 10.6 Å². The average Bonchev–Trinajstić information content (AvgIpc) is 3.02. The number of carbonyl (C=O) groups excluding carboxylic acids is 1. The van der Waals surface area contributed by atoms with Crippen LogP contribution < -0.4 is 10.6 Å². The molecule has 1 amide bonds. The predicted octanol–water partition coefficient (Wildman–Crippen LogP) is 1.64. The number of nitrogens with zero attached hydrogens (tertiary/aromatic N) is 5. The molecule has 1 aliphatic rings. The molecule has 2 aromatic heterocycles. The van der Waals surface area contributed by atoms with E-state index in [0.29, 0.717) is 12.8 Å². The van der Waals surface area contributed by atoms with Gasteiger partial charge in [-0.05, 0) is 39.2 Å². The lowest BCUT2D eigenvalue weighted by Crippen LogP contribution is -2.25. The fraction of sp³-hybridized carbons (Fsp3) is 0.471. The van der Waals surface area contributed by atoms with Gasteiger partial charge in [-0.15, -0.1) is 0 Å². The van der Waals surface area contributed by atoms with Crippen molar-refractivity contribution in [3.8, 4) is 0 Å². The Kier molecular flexibility index (Phi) is 4.69. The molecular formula is C17H22N6O. The van der Waals surface area contributed by atoms with Gasteiger partial charge in [-0.1, -0.05) is 0 Å². The molecule has 24 heavy (non-hydrogen) atoms. The van der Waals surface area contributed by atoms with E-state index in [9.17, 15) is 4.79 Å². The standard InChI is InChI=1S/C17H22N6O/c1-11-8-17(20-10-19-11)23-7-3-4-15(23)14-9-13(5-6-16(18)24)21-12(2)22-14/h8-10,15H,3-7H2,1-2H3,(H2,18,24). The second-order valence-electron chi connectivity index (χ2n) is 6.17. The molecule has 1 fully saturated rings. The molecule has 126 valence electrons. The minimum Gasteiger partial charge on any atom is -0.370 e. The molecule has 1 unspecified atom stereocenters. The zero-order valence-corrected chi connectivity index (χ0v) is 14.1. The van der Waals surface area contributed by atoms with Gasteiger partial charge in [-0.25, -0.2) is 19.9 Å². The number of aryl methyl sites for hydroxylation is 3. The van der Waals surface area contributed by atoms with Crippen LogP contribution in [0.3, 0.4) is 0 Å². The van der Waals surface area contributed by atoms with Crippen molar-refractivity contribution in [1.29, 1.82) is 0 Å². The van der Waals surface area contributed by atoms with E-state index in [4.69, 9.17) is 5.73 Å². The smallest absolute Gasteiger partial charge is 0.217 e. The Labute approximate surface area is 141 Å². The minimum absolute atomic E-state index is 0.174. The van der Waals surface area contributed by atoms with E-state index >= 15 is 0 Å². The Morgan fingerprint density at radius 1 is 1.29 bits per heavy atom. The first-order chi connectivity index (χ1) is 11.5. The van der Waals surface area contributed by atoms with E-state index in [0.717, 1.165) is 48.1 Å². The molecule has 2 N–H and O–H groups in total.